The number of nitriles is 1. The number of carbonyl (C=O) groups is 1. The van der Waals surface area contributed by atoms with Gasteiger partial charge >= 0.3 is 0 Å². The lowest BCUT2D eigenvalue weighted by Gasteiger charge is -2.05. The molecule has 0 amide bonds. The number of carbonyl (C=O) groups excluding carboxylic acids is 1. The molecule has 0 atom stereocenters. The molecule has 0 saturated carbocycles. The summed E-state index contributed by atoms with van der Waals surface area (Å²) in [5.41, 5.74) is 2.83. The van der Waals surface area contributed by atoms with Crippen molar-refractivity contribution in [1.82, 2.24) is 9.55 Å². The Morgan fingerprint density at radius 2 is 1.68 bits per heavy atom. The summed E-state index contributed by atoms with van der Waals surface area (Å²) in [5.74, 6) is 0.232. The lowest BCUT2D eigenvalue weighted by molar-refractivity contribution is -0.683. The summed E-state index contributed by atoms with van der Waals surface area (Å²) in [5, 5.41) is 20.5. The van der Waals surface area contributed by atoms with Gasteiger partial charge in [0.1, 0.15) is 17.4 Å². The summed E-state index contributed by atoms with van der Waals surface area (Å²) in [6.45, 7) is 0.185. The zero-order chi connectivity index (χ0) is 21.1. The molecule has 31 heavy (non-hydrogen) atoms. The van der Waals surface area contributed by atoms with E-state index < -0.39 is 0 Å². The summed E-state index contributed by atoms with van der Waals surface area (Å²) in [4.78, 5) is 16.9. The Balaban J connectivity index is 0.00000272. The molecule has 0 spiro atoms. The van der Waals surface area contributed by atoms with Crippen LogP contribution in [0.2, 0.25) is 0 Å². The maximum Gasteiger partial charge on any atom is 0.227 e. The summed E-state index contributed by atoms with van der Waals surface area (Å²) in [6.07, 6.45) is 3.41. The number of aryl methyl sites for hydroxylation is 1. The fourth-order valence-corrected chi connectivity index (χ4v) is 3.32. The van der Waals surface area contributed by atoms with Gasteiger partial charge in [0.25, 0.3) is 0 Å². The van der Waals surface area contributed by atoms with Crippen molar-refractivity contribution in [2.45, 2.75) is 6.54 Å². The highest BCUT2D eigenvalue weighted by Gasteiger charge is 2.18. The van der Waals surface area contributed by atoms with E-state index >= 15 is 0 Å². The molecule has 0 fully saturated rings. The second kappa shape index (κ2) is 9.37. The first kappa shape index (κ1) is 21.9. The number of aliphatic hydroxyl groups is 1. The molecule has 0 bridgehead atoms. The van der Waals surface area contributed by atoms with Crippen molar-refractivity contribution in [2.24, 2.45) is 7.05 Å². The van der Waals surface area contributed by atoms with Crippen molar-refractivity contribution in [3.05, 3.63) is 96.1 Å². The molecule has 4 aromatic rings. The van der Waals surface area contributed by atoms with E-state index in [0.717, 1.165) is 11.0 Å². The van der Waals surface area contributed by atoms with Crippen LogP contribution >= 0.6 is 0 Å². The number of hydrogen-bond acceptors (Lipinski definition) is 4. The van der Waals surface area contributed by atoms with Crippen molar-refractivity contribution in [3.8, 4) is 6.07 Å². The zero-order valence-corrected chi connectivity index (χ0v) is 18.3. The van der Waals surface area contributed by atoms with Crippen LogP contribution in [0, 0.1) is 11.3 Å². The van der Waals surface area contributed by atoms with Gasteiger partial charge in [-0.1, -0.05) is 42.5 Å². The number of Topliss-reactive ketones (excluding diaryl/α,β-unsaturated/α-hetero) is 1. The Bertz CT molecular complexity index is 1300. The molecule has 0 aliphatic heterocycles. The van der Waals surface area contributed by atoms with E-state index in [1.807, 2.05) is 49.5 Å². The van der Waals surface area contributed by atoms with E-state index in [1.54, 1.807) is 45.8 Å². The summed E-state index contributed by atoms with van der Waals surface area (Å²) in [6, 6.07) is 22.0. The van der Waals surface area contributed by atoms with Crippen molar-refractivity contribution < 1.29 is 31.4 Å². The second-order valence-corrected chi connectivity index (χ2v) is 6.87. The Kier molecular flexibility index (Phi) is 6.63. The number of aliphatic hydroxyl groups excluding tert-OH is 1. The largest absolute Gasteiger partial charge is 1.00 e. The quantitative estimate of drug-likeness (QED) is 0.200. The molecule has 2 aromatic carbocycles. The highest BCUT2D eigenvalue weighted by atomic mass is 79.9. The molecule has 4 rings (SSSR count). The van der Waals surface area contributed by atoms with Crippen LogP contribution in [0.3, 0.4) is 0 Å². The van der Waals surface area contributed by atoms with Crippen molar-refractivity contribution in [2.75, 3.05) is 0 Å². The summed E-state index contributed by atoms with van der Waals surface area (Å²) in [7, 11) is 1.81. The number of allylic oxidation sites excluding steroid dienone is 1. The second-order valence-electron chi connectivity index (χ2n) is 6.87. The van der Waals surface area contributed by atoms with Crippen molar-refractivity contribution >= 4 is 28.1 Å². The third-order valence-corrected chi connectivity index (χ3v) is 4.95. The number of hydrogen-bond donors (Lipinski definition) is 1. The maximum atomic E-state index is 12.4. The van der Waals surface area contributed by atoms with Crippen molar-refractivity contribution in [1.29, 1.82) is 5.26 Å². The highest BCUT2D eigenvalue weighted by molar-refractivity contribution is 5.95. The molecular weight excluding hydrogens is 456 g/mol. The average Bonchev–Trinajstić information content (AvgIpc) is 3.12. The first-order valence-electron chi connectivity index (χ1n) is 9.41. The van der Waals surface area contributed by atoms with Gasteiger partial charge in [-0.3, -0.25) is 4.79 Å². The SMILES string of the molecule is Cn1c(/C(C#N)=C(\O)c2cc[n+](CC(=O)c3ccccc3)cc2)nc2ccccc21.[Br-]. The van der Waals surface area contributed by atoms with Crippen molar-refractivity contribution in [3.63, 3.8) is 0 Å². The van der Waals surface area contributed by atoms with Gasteiger partial charge in [0.15, 0.2) is 18.2 Å². The Morgan fingerprint density at radius 3 is 2.32 bits per heavy atom. The number of nitrogens with zero attached hydrogens (tertiary/aromatic N) is 4. The number of rotatable bonds is 5. The van der Waals surface area contributed by atoms with E-state index in [-0.39, 0.29) is 40.6 Å². The minimum absolute atomic E-state index is 0. The van der Waals surface area contributed by atoms with Gasteiger partial charge in [0, 0.05) is 30.3 Å². The predicted octanol–water partition coefficient (Wildman–Crippen LogP) is 0.698. The van der Waals surface area contributed by atoms with Crippen LogP contribution in [0.15, 0.2) is 79.1 Å². The zero-order valence-electron chi connectivity index (χ0n) is 16.7. The van der Waals surface area contributed by atoms with E-state index in [1.165, 1.54) is 0 Å². The summed E-state index contributed by atoms with van der Waals surface area (Å²) < 4.78 is 3.51. The smallest absolute Gasteiger partial charge is 0.227 e. The lowest BCUT2D eigenvalue weighted by atomic mass is 10.1. The topological polar surface area (TPSA) is 82.8 Å². The van der Waals surface area contributed by atoms with Gasteiger partial charge in [0.2, 0.25) is 12.3 Å². The van der Waals surface area contributed by atoms with E-state index in [0.29, 0.717) is 17.0 Å². The molecular formula is C24H19BrN4O2. The van der Waals surface area contributed by atoms with Gasteiger partial charge in [-0.05, 0) is 12.1 Å². The third kappa shape index (κ3) is 4.39. The average molecular weight is 475 g/mol. The number of aromatic nitrogens is 3. The molecule has 154 valence electrons. The fraction of sp³-hybridized carbons (Fsp3) is 0.0833. The third-order valence-electron chi connectivity index (χ3n) is 4.95. The maximum absolute atomic E-state index is 12.4. The normalized spacial score (nSPS) is 11.4. The predicted molar refractivity (Wildman–Crippen MR) is 113 cm³/mol. The minimum Gasteiger partial charge on any atom is -1.00 e. The van der Waals surface area contributed by atoms with Crippen LogP contribution in [-0.2, 0) is 13.6 Å². The van der Waals surface area contributed by atoms with E-state index in [9.17, 15) is 15.2 Å². The number of fused-ring (bicyclic) bond motifs is 1. The number of benzene rings is 2. The molecule has 0 saturated heterocycles. The standard InChI is InChI=1S/C24H18N4O2.BrH/c1-27-21-10-6-5-9-20(21)26-24(27)19(15-25)23(30)18-11-13-28(14-12-18)16-22(29)17-7-3-2-4-8-17;/h2-14H,16H2,1H3;1H. The van der Waals surface area contributed by atoms with Gasteiger partial charge < -0.3 is 26.7 Å². The molecule has 0 radical (unpaired) electrons. The highest BCUT2D eigenvalue weighted by Crippen LogP contribution is 2.25. The van der Waals surface area contributed by atoms with Crippen LogP contribution in [0.4, 0.5) is 0 Å². The molecule has 7 heteroatoms. The van der Waals surface area contributed by atoms with Gasteiger partial charge in [-0.15, -0.1) is 0 Å². The molecule has 6 nitrogen and oxygen atoms in total. The first-order chi connectivity index (χ1) is 14.6. The van der Waals surface area contributed by atoms with Crippen LogP contribution in [-0.4, -0.2) is 20.4 Å². The summed E-state index contributed by atoms with van der Waals surface area (Å²) >= 11 is 0. The van der Waals surface area contributed by atoms with Crippen LogP contribution < -0.4 is 21.5 Å². The number of ketones is 1. The van der Waals surface area contributed by atoms with Gasteiger partial charge in [-0.25, -0.2) is 4.98 Å². The Hall–Kier alpha value is -3.76. The number of halogens is 1. The van der Waals surface area contributed by atoms with E-state index in [2.05, 4.69) is 11.1 Å². The van der Waals surface area contributed by atoms with Crippen LogP contribution in [0.25, 0.3) is 22.4 Å². The number of imidazole rings is 1. The molecule has 1 N–H and O–H groups in total. The Morgan fingerprint density at radius 1 is 1.03 bits per heavy atom. The number of para-hydroxylation sites is 2. The molecule has 2 heterocycles. The monoisotopic (exact) mass is 474 g/mol. The lowest BCUT2D eigenvalue weighted by Crippen LogP contribution is -3.00. The van der Waals surface area contributed by atoms with Gasteiger partial charge in [0.05, 0.1) is 11.0 Å². The molecule has 0 unspecified atom stereocenters. The van der Waals surface area contributed by atoms with Crippen LogP contribution in [0.5, 0.6) is 0 Å². The number of pyridine rings is 1. The van der Waals surface area contributed by atoms with E-state index in [4.69, 9.17) is 0 Å². The minimum atomic E-state index is -0.155. The fourth-order valence-electron chi connectivity index (χ4n) is 3.32. The molecule has 0 aliphatic rings. The molecule has 0 aliphatic carbocycles. The van der Waals surface area contributed by atoms with Gasteiger partial charge in [-0.2, -0.15) is 9.83 Å². The molecule has 2 aromatic heterocycles. The first-order valence-corrected chi connectivity index (χ1v) is 9.41. The Labute approximate surface area is 190 Å². The van der Waals surface area contributed by atoms with Crippen LogP contribution in [0.1, 0.15) is 21.7 Å².